The normalized spacial score (nSPS) is 24.0. The molecule has 0 bridgehead atoms. The summed E-state index contributed by atoms with van der Waals surface area (Å²) in [6.45, 7) is 3.38. The number of aliphatic hydroxyl groups excluding tert-OH is 1. The molecule has 0 unspecified atom stereocenters. The van der Waals surface area contributed by atoms with E-state index < -0.39 is 5.60 Å². The molecule has 1 aromatic rings. The van der Waals surface area contributed by atoms with Gasteiger partial charge in [0.25, 0.3) is 0 Å². The van der Waals surface area contributed by atoms with E-state index in [-0.39, 0.29) is 24.1 Å². The Bertz CT molecular complexity index is 507. The number of hydrogen-bond acceptors (Lipinski definition) is 3. The average molecular weight is 264 g/mol. The van der Waals surface area contributed by atoms with Crippen molar-refractivity contribution in [1.29, 1.82) is 0 Å². The molecule has 0 amide bonds. The van der Waals surface area contributed by atoms with E-state index >= 15 is 0 Å². The third-order valence-electron chi connectivity index (χ3n) is 3.55. The van der Waals surface area contributed by atoms with Crippen LogP contribution in [0.5, 0.6) is 0 Å². The Balaban J connectivity index is 2.36. The number of carbonyl (C=O) groups is 1. The summed E-state index contributed by atoms with van der Waals surface area (Å²) < 4.78 is 18.7. The molecule has 1 aliphatic heterocycles. The summed E-state index contributed by atoms with van der Waals surface area (Å²) >= 11 is 0. The van der Waals surface area contributed by atoms with Crippen LogP contribution in [0.25, 0.3) is 0 Å². The van der Waals surface area contributed by atoms with Crippen LogP contribution in [0.1, 0.15) is 31.7 Å². The first-order chi connectivity index (χ1) is 8.97. The lowest BCUT2D eigenvalue weighted by Crippen LogP contribution is -2.40. The predicted molar refractivity (Wildman–Crippen MR) is 69.1 cm³/mol. The van der Waals surface area contributed by atoms with Crippen molar-refractivity contribution in [2.24, 2.45) is 0 Å². The minimum Gasteiger partial charge on any atom is -0.483 e. The minimum absolute atomic E-state index is 0.0622. The highest BCUT2D eigenvalue weighted by Crippen LogP contribution is 2.40. The van der Waals surface area contributed by atoms with Crippen LogP contribution in [-0.2, 0) is 9.53 Å². The lowest BCUT2D eigenvalue weighted by Gasteiger charge is -2.32. The van der Waals surface area contributed by atoms with Crippen molar-refractivity contribution in [3.8, 4) is 0 Å². The van der Waals surface area contributed by atoms with Crippen LogP contribution < -0.4 is 0 Å². The Morgan fingerprint density at radius 1 is 1.37 bits per heavy atom. The molecule has 0 aromatic heterocycles. The summed E-state index contributed by atoms with van der Waals surface area (Å²) in [5.74, 6) is -0.186. The van der Waals surface area contributed by atoms with Gasteiger partial charge in [-0.3, -0.25) is 4.79 Å². The van der Waals surface area contributed by atoms with Crippen LogP contribution in [0, 0.1) is 5.82 Å². The molecule has 0 spiro atoms. The number of halogens is 1. The number of benzene rings is 1. The van der Waals surface area contributed by atoms with E-state index in [9.17, 15) is 14.3 Å². The average Bonchev–Trinajstić information content (AvgIpc) is 2.62. The molecule has 2 rings (SSSR count). The lowest BCUT2D eigenvalue weighted by molar-refractivity contribution is -0.131. The van der Waals surface area contributed by atoms with Crippen molar-refractivity contribution in [1.82, 2.24) is 0 Å². The third kappa shape index (κ3) is 2.54. The van der Waals surface area contributed by atoms with Gasteiger partial charge < -0.3 is 9.84 Å². The van der Waals surface area contributed by atoms with E-state index in [1.165, 1.54) is 18.2 Å². The molecule has 102 valence electrons. The fraction of sp³-hybridized carbons (Fsp3) is 0.400. The molecule has 0 saturated carbocycles. The van der Waals surface area contributed by atoms with Gasteiger partial charge in [-0.25, -0.2) is 4.39 Å². The second kappa shape index (κ2) is 5.13. The fourth-order valence-electron chi connectivity index (χ4n) is 2.57. The Hall–Kier alpha value is -1.68. The van der Waals surface area contributed by atoms with Crippen molar-refractivity contribution in [3.63, 3.8) is 0 Å². The van der Waals surface area contributed by atoms with Crippen molar-refractivity contribution in [3.05, 3.63) is 47.5 Å². The highest BCUT2D eigenvalue weighted by molar-refractivity contribution is 5.99. The van der Waals surface area contributed by atoms with Crippen LogP contribution >= 0.6 is 0 Å². The van der Waals surface area contributed by atoms with E-state index in [4.69, 9.17) is 4.74 Å². The Morgan fingerprint density at radius 3 is 2.47 bits per heavy atom. The second-order valence-corrected chi connectivity index (χ2v) is 4.94. The summed E-state index contributed by atoms with van der Waals surface area (Å²) in [5, 5.41) is 9.22. The largest absolute Gasteiger partial charge is 0.483 e. The van der Waals surface area contributed by atoms with E-state index in [0.29, 0.717) is 12.2 Å². The first-order valence-corrected chi connectivity index (χ1v) is 6.25. The molecule has 0 saturated heterocycles. The fourth-order valence-corrected chi connectivity index (χ4v) is 2.57. The number of hydrogen-bond donors (Lipinski definition) is 1. The first-order valence-electron chi connectivity index (χ1n) is 6.25. The van der Waals surface area contributed by atoms with Crippen molar-refractivity contribution < 1.29 is 19.0 Å². The molecule has 1 heterocycles. The molecule has 4 heteroatoms. The maximum atomic E-state index is 13.0. The highest BCUT2D eigenvalue weighted by atomic mass is 19.1. The van der Waals surface area contributed by atoms with Crippen LogP contribution in [0.4, 0.5) is 4.39 Å². The van der Waals surface area contributed by atoms with Crippen LogP contribution in [0.2, 0.25) is 0 Å². The molecule has 0 aliphatic carbocycles. The van der Waals surface area contributed by atoms with E-state index in [2.05, 4.69) is 0 Å². The van der Waals surface area contributed by atoms with Gasteiger partial charge in [-0.1, -0.05) is 12.1 Å². The number of carbonyl (C=O) groups excluding carboxylic acids is 1. The molecule has 0 fully saturated rings. The Labute approximate surface area is 111 Å². The molecule has 1 aromatic carbocycles. The van der Waals surface area contributed by atoms with Gasteiger partial charge in [-0.2, -0.15) is 0 Å². The monoisotopic (exact) mass is 264 g/mol. The Morgan fingerprint density at radius 2 is 2.00 bits per heavy atom. The van der Waals surface area contributed by atoms with Gasteiger partial charge in [0.15, 0.2) is 5.60 Å². The van der Waals surface area contributed by atoms with Crippen LogP contribution in [0.3, 0.4) is 0 Å². The third-order valence-corrected chi connectivity index (χ3v) is 3.55. The molecule has 3 nitrogen and oxygen atoms in total. The highest BCUT2D eigenvalue weighted by Gasteiger charge is 2.46. The van der Waals surface area contributed by atoms with Gasteiger partial charge in [-0.05, 0) is 38.0 Å². The maximum absolute atomic E-state index is 13.0. The van der Waals surface area contributed by atoms with Crippen molar-refractivity contribution in [2.75, 3.05) is 6.61 Å². The zero-order valence-corrected chi connectivity index (χ0v) is 11.0. The SMILES string of the molecule is CC1=CC(=O)[C@@](C)([C@@H](CCO)c2ccc(F)cc2)O1. The van der Waals surface area contributed by atoms with Gasteiger partial charge in [0.05, 0.1) is 5.76 Å². The molecule has 0 radical (unpaired) electrons. The predicted octanol–water partition coefficient (Wildman–Crippen LogP) is 2.55. The van der Waals surface area contributed by atoms with Gasteiger partial charge in [0.2, 0.25) is 5.78 Å². The zero-order valence-electron chi connectivity index (χ0n) is 11.0. The van der Waals surface area contributed by atoms with Crippen molar-refractivity contribution in [2.45, 2.75) is 31.8 Å². The second-order valence-electron chi connectivity index (χ2n) is 4.94. The van der Waals surface area contributed by atoms with Gasteiger partial charge >= 0.3 is 0 Å². The summed E-state index contributed by atoms with van der Waals surface area (Å²) in [6.07, 6.45) is 1.85. The van der Waals surface area contributed by atoms with E-state index in [1.807, 2.05) is 0 Å². The number of rotatable bonds is 4. The molecular weight excluding hydrogens is 247 g/mol. The lowest BCUT2D eigenvalue weighted by atomic mass is 9.79. The molecule has 1 aliphatic rings. The summed E-state index contributed by atoms with van der Waals surface area (Å²) in [7, 11) is 0. The topological polar surface area (TPSA) is 46.5 Å². The minimum atomic E-state index is -1.02. The van der Waals surface area contributed by atoms with Gasteiger partial charge in [0, 0.05) is 18.6 Å². The van der Waals surface area contributed by atoms with E-state index in [1.54, 1.807) is 26.0 Å². The van der Waals surface area contributed by atoms with Gasteiger partial charge in [0.1, 0.15) is 5.82 Å². The quantitative estimate of drug-likeness (QED) is 0.909. The number of ether oxygens (including phenoxy) is 1. The first kappa shape index (κ1) is 13.7. The smallest absolute Gasteiger partial charge is 0.202 e. The molecule has 2 atom stereocenters. The molecule has 1 N–H and O–H groups in total. The van der Waals surface area contributed by atoms with Crippen LogP contribution in [0.15, 0.2) is 36.1 Å². The molecular formula is C15H17FO3. The molecule has 19 heavy (non-hydrogen) atoms. The summed E-state index contributed by atoms with van der Waals surface area (Å²) in [6, 6.07) is 5.96. The van der Waals surface area contributed by atoms with E-state index in [0.717, 1.165) is 5.56 Å². The maximum Gasteiger partial charge on any atom is 0.202 e. The number of allylic oxidation sites excluding steroid dienone is 1. The summed E-state index contributed by atoms with van der Waals surface area (Å²) in [4.78, 5) is 12.1. The zero-order chi connectivity index (χ0) is 14.0. The standard InChI is InChI=1S/C15H17FO3/c1-10-9-14(18)15(2,19-10)13(7-8-17)11-3-5-12(16)6-4-11/h3-6,9,13,17H,7-8H2,1-2H3/t13-,15+/m0/s1. The van der Waals surface area contributed by atoms with Gasteiger partial charge in [-0.15, -0.1) is 0 Å². The summed E-state index contributed by atoms with van der Waals surface area (Å²) in [5.41, 5.74) is -0.237. The van der Waals surface area contributed by atoms with Crippen molar-refractivity contribution >= 4 is 5.78 Å². The van der Waals surface area contributed by atoms with Crippen LogP contribution in [-0.4, -0.2) is 23.1 Å². The Kier molecular flexibility index (Phi) is 3.71. The number of aliphatic hydroxyl groups is 1. The number of ketones is 1.